The lowest BCUT2D eigenvalue weighted by Crippen LogP contribution is -2.28. The third kappa shape index (κ3) is 37.1. The average molecular weight is 689 g/mol. The van der Waals surface area contributed by atoms with E-state index in [4.69, 9.17) is 9.47 Å². The molecule has 5 heteroatoms. The van der Waals surface area contributed by atoms with Gasteiger partial charge in [-0.2, -0.15) is 0 Å². The molecule has 0 aliphatic heterocycles. The van der Waals surface area contributed by atoms with Crippen molar-refractivity contribution in [3.63, 3.8) is 0 Å². The molecule has 50 heavy (non-hydrogen) atoms. The number of carbonyl (C=O) groups excluding carboxylic acids is 2. The molecule has 0 aliphatic carbocycles. The van der Waals surface area contributed by atoms with E-state index in [1.54, 1.807) is 0 Å². The summed E-state index contributed by atoms with van der Waals surface area (Å²) in [7, 11) is 0. The molecule has 0 saturated heterocycles. The quantitative estimate of drug-likeness (QED) is 0.0433. The van der Waals surface area contributed by atoms with E-state index < -0.39 is 12.1 Å². The molecule has 1 atom stereocenters. The zero-order valence-corrected chi connectivity index (χ0v) is 31.3. The van der Waals surface area contributed by atoms with Crippen LogP contribution in [0.15, 0.2) is 122 Å². The van der Waals surface area contributed by atoms with Crippen molar-refractivity contribution in [3.05, 3.63) is 122 Å². The van der Waals surface area contributed by atoms with E-state index in [0.717, 1.165) is 64.2 Å². The van der Waals surface area contributed by atoms with Gasteiger partial charge in [0, 0.05) is 12.8 Å². The maximum atomic E-state index is 12.1. The van der Waals surface area contributed by atoms with Crippen molar-refractivity contribution in [2.24, 2.45) is 0 Å². The average Bonchev–Trinajstić information content (AvgIpc) is 3.12. The Kier molecular flexibility index (Phi) is 36.8. The fraction of sp³-hybridized carbons (Fsp3) is 0.511. The second-order valence-corrected chi connectivity index (χ2v) is 11.9. The normalized spacial score (nSPS) is 13.6. The van der Waals surface area contributed by atoms with Gasteiger partial charge in [-0.1, -0.05) is 148 Å². The molecule has 0 saturated carbocycles. The Hall–Kier alpha value is -3.70. The molecule has 0 aromatic carbocycles. The number of ether oxygens (including phenoxy) is 2. The maximum Gasteiger partial charge on any atom is 0.306 e. The summed E-state index contributed by atoms with van der Waals surface area (Å²) in [4.78, 5) is 24.2. The Morgan fingerprint density at radius 2 is 0.880 bits per heavy atom. The smallest absolute Gasteiger partial charge is 0.306 e. The zero-order valence-electron chi connectivity index (χ0n) is 31.3. The second-order valence-electron chi connectivity index (χ2n) is 11.9. The fourth-order valence-corrected chi connectivity index (χ4v) is 4.39. The Bertz CT molecular complexity index is 1100. The summed E-state index contributed by atoms with van der Waals surface area (Å²) in [6, 6.07) is 0. The van der Waals surface area contributed by atoms with Crippen LogP contribution in [0.4, 0.5) is 0 Å². The monoisotopic (exact) mass is 689 g/mol. The molecule has 0 amide bonds. The lowest BCUT2D eigenvalue weighted by Gasteiger charge is -2.15. The summed E-state index contributed by atoms with van der Waals surface area (Å²) >= 11 is 0. The minimum Gasteiger partial charge on any atom is -0.462 e. The van der Waals surface area contributed by atoms with Crippen LogP contribution in [0.1, 0.15) is 129 Å². The first-order valence-electron chi connectivity index (χ1n) is 19.1. The van der Waals surface area contributed by atoms with E-state index in [0.29, 0.717) is 12.8 Å². The molecule has 278 valence electrons. The molecule has 0 aromatic heterocycles. The van der Waals surface area contributed by atoms with E-state index in [-0.39, 0.29) is 32.0 Å². The van der Waals surface area contributed by atoms with Gasteiger partial charge in [0.1, 0.15) is 6.61 Å². The minimum atomic E-state index is -0.839. The van der Waals surface area contributed by atoms with Gasteiger partial charge in [0.2, 0.25) is 0 Å². The number of aliphatic hydroxyl groups excluding tert-OH is 1. The number of hydrogen-bond donors (Lipinski definition) is 1. The lowest BCUT2D eigenvalue weighted by atomic mass is 10.2. The molecule has 0 heterocycles. The predicted molar refractivity (Wildman–Crippen MR) is 214 cm³/mol. The Morgan fingerprint density at radius 3 is 1.30 bits per heavy atom. The molecule has 0 rings (SSSR count). The standard InChI is InChI=1S/C45H68O5/c1-3-5-7-9-11-13-15-17-19-21-22-24-25-27-29-31-33-35-37-39-44(47)49-42-43(41-46)50-45(48)40-38-36-34-32-30-28-26-23-20-18-16-14-12-10-8-6-4-2/h5,7,11-14,17-20,22,24,26-29,32-35,43,46H,3-4,6,8-10,15-16,21,23,25,30-31,36-42H2,1-2H3/b7-5+,13-11+,14-12+,19-17+,20-18+,24-22+,28-26+,29-27+,34-32+,35-33+/t43-/m0/s1. The van der Waals surface area contributed by atoms with Crippen molar-refractivity contribution in [2.75, 3.05) is 13.2 Å². The van der Waals surface area contributed by atoms with Gasteiger partial charge >= 0.3 is 11.9 Å². The van der Waals surface area contributed by atoms with Crippen molar-refractivity contribution in [2.45, 2.75) is 136 Å². The van der Waals surface area contributed by atoms with Crippen LogP contribution in [0.3, 0.4) is 0 Å². The lowest BCUT2D eigenvalue weighted by molar-refractivity contribution is -0.161. The van der Waals surface area contributed by atoms with Crippen molar-refractivity contribution < 1.29 is 24.2 Å². The molecule has 0 bridgehead atoms. The number of unbranched alkanes of at least 4 members (excludes halogenated alkanes) is 4. The van der Waals surface area contributed by atoms with E-state index in [1.807, 2.05) is 12.2 Å². The highest BCUT2D eigenvalue weighted by Crippen LogP contribution is 2.05. The van der Waals surface area contributed by atoms with Gasteiger partial charge in [-0.25, -0.2) is 0 Å². The summed E-state index contributed by atoms with van der Waals surface area (Å²) in [6.45, 7) is 3.85. The third-order valence-electron chi connectivity index (χ3n) is 7.25. The van der Waals surface area contributed by atoms with Gasteiger partial charge in [0.25, 0.3) is 0 Å². The van der Waals surface area contributed by atoms with E-state index in [1.165, 1.54) is 25.7 Å². The Balaban J connectivity index is 3.84. The van der Waals surface area contributed by atoms with Gasteiger partial charge in [-0.3, -0.25) is 9.59 Å². The van der Waals surface area contributed by atoms with Crippen LogP contribution < -0.4 is 0 Å². The summed E-state index contributed by atoms with van der Waals surface area (Å²) < 4.78 is 10.5. The van der Waals surface area contributed by atoms with Crippen molar-refractivity contribution >= 4 is 11.9 Å². The zero-order chi connectivity index (χ0) is 36.4. The summed E-state index contributed by atoms with van der Waals surface area (Å²) in [5, 5.41) is 9.53. The second kappa shape index (κ2) is 39.7. The van der Waals surface area contributed by atoms with Gasteiger partial charge in [0.15, 0.2) is 6.10 Å². The molecule has 0 fully saturated rings. The van der Waals surface area contributed by atoms with Crippen LogP contribution in [-0.2, 0) is 19.1 Å². The summed E-state index contributed by atoms with van der Waals surface area (Å²) in [6.07, 6.45) is 58.4. The topological polar surface area (TPSA) is 72.8 Å². The number of rotatable bonds is 32. The number of hydrogen-bond acceptors (Lipinski definition) is 5. The first-order valence-corrected chi connectivity index (χ1v) is 19.1. The van der Waals surface area contributed by atoms with Crippen LogP contribution in [0.25, 0.3) is 0 Å². The SMILES string of the molecule is CC/C=C/C/C=C/C/C=C/C/C=C/C/C=C/C/C=C/CCC(=O)OC[C@H](CO)OC(=O)CCC/C=C/C/C=C/C/C=C/C/C=C/CCCCC. The molecule has 0 aromatic rings. The maximum absolute atomic E-state index is 12.1. The van der Waals surface area contributed by atoms with Crippen LogP contribution in [0.5, 0.6) is 0 Å². The first-order chi connectivity index (χ1) is 24.6. The molecule has 5 nitrogen and oxygen atoms in total. The molecule has 0 spiro atoms. The molecular weight excluding hydrogens is 620 g/mol. The highest BCUT2D eigenvalue weighted by Gasteiger charge is 2.15. The molecule has 0 radical (unpaired) electrons. The number of allylic oxidation sites excluding steroid dienone is 20. The summed E-state index contributed by atoms with van der Waals surface area (Å²) in [5.74, 6) is -0.770. The molecule has 0 aliphatic rings. The van der Waals surface area contributed by atoms with Crippen molar-refractivity contribution in [3.8, 4) is 0 Å². The van der Waals surface area contributed by atoms with Crippen LogP contribution >= 0.6 is 0 Å². The van der Waals surface area contributed by atoms with E-state index >= 15 is 0 Å². The number of carbonyl (C=O) groups is 2. The third-order valence-corrected chi connectivity index (χ3v) is 7.25. The van der Waals surface area contributed by atoms with Crippen molar-refractivity contribution in [1.82, 2.24) is 0 Å². The van der Waals surface area contributed by atoms with Crippen molar-refractivity contribution in [1.29, 1.82) is 0 Å². The van der Waals surface area contributed by atoms with Gasteiger partial charge in [-0.05, 0) is 89.9 Å². The van der Waals surface area contributed by atoms with Gasteiger partial charge in [-0.15, -0.1) is 0 Å². The number of aliphatic hydroxyl groups is 1. The van der Waals surface area contributed by atoms with Crippen LogP contribution in [0.2, 0.25) is 0 Å². The van der Waals surface area contributed by atoms with Gasteiger partial charge < -0.3 is 14.6 Å². The molecule has 1 N–H and O–H groups in total. The van der Waals surface area contributed by atoms with E-state index in [2.05, 4.69) is 123 Å². The number of esters is 2. The molecule has 0 unspecified atom stereocenters. The van der Waals surface area contributed by atoms with Crippen LogP contribution in [0, 0.1) is 0 Å². The van der Waals surface area contributed by atoms with Gasteiger partial charge in [0.05, 0.1) is 6.61 Å². The highest BCUT2D eigenvalue weighted by molar-refractivity contribution is 5.70. The first kappa shape index (κ1) is 46.3. The highest BCUT2D eigenvalue weighted by atomic mass is 16.6. The Labute approximate surface area is 305 Å². The Morgan fingerprint density at radius 1 is 0.480 bits per heavy atom. The predicted octanol–water partition coefficient (Wildman–Crippen LogP) is 12.1. The summed E-state index contributed by atoms with van der Waals surface area (Å²) in [5.41, 5.74) is 0. The minimum absolute atomic E-state index is 0.137. The molecular formula is C45H68O5. The largest absolute Gasteiger partial charge is 0.462 e. The fourth-order valence-electron chi connectivity index (χ4n) is 4.39. The van der Waals surface area contributed by atoms with Crippen LogP contribution in [-0.4, -0.2) is 36.4 Å². The van der Waals surface area contributed by atoms with E-state index in [9.17, 15) is 14.7 Å².